The molecule has 3 aromatic rings. The van der Waals surface area contributed by atoms with E-state index in [1.807, 2.05) is 64.1 Å². The molecule has 8 heteroatoms. The second-order valence-electron chi connectivity index (χ2n) is 9.59. The number of hydrogen-bond acceptors (Lipinski definition) is 4. The summed E-state index contributed by atoms with van der Waals surface area (Å²) in [5, 5.41) is 2.85. The molecule has 0 saturated carbocycles. The first-order valence-corrected chi connectivity index (χ1v) is 14.3. The molecule has 0 aliphatic rings. The Balaban J connectivity index is 2.03. The molecule has 202 valence electrons. The third kappa shape index (κ3) is 7.01. The van der Waals surface area contributed by atoms with Crippen molar-refractivity contribution in [1.82, 2.24) is 10.2 Å². The first-order chi connectivity index (χ1) is 18.0. The maximum Gasteiger partial charge on any atom is 0.264 e. The predicted octanol–water partition coefficient (Wildman–Crippen LogP) is 4.75. The maximum absolute atomic E-state index is 13.9. The van der Waals surface area contributed by atoms with Gasteiger partial charge in [-0.15, -0.1) is 0 Å². The number of rotatable bonds is 11. The number of nitrogens with zero attached hydrogens (tertiary/aromatic N) is 2. The second-order valence-corrected chi connectivity index (χ2v) is 11.5. The van der Waals surface area contributed by atoms with Gasteiger partial charge in [0.25, 0.3) is 10.0 Å². The normalized spacial score (nSPS) is 12.0. The fourth-order valence-corrected chi connectivity index (χ4v) is 5.69. The molecular weight excluding hydrogens is 498 g/mol. The fourth-order valence-electron chi connectivity index (χ4n) is 4.19. The minimum Gasteiger partial charge on any atom is -0.354 e. The highest BCUT2D eigenvalue weighted by Crippen LogP contribution is 2.28. The van der Waals surface area contributed by atoms with Gasteiger partial charge in [-0.3, -0.25) is 13.9 Å². The van der Waals surface area contributed by atoms with Crippen LogP contribution in [0.25, 0.3) is 0 Å². The van der Waals surface area contributed by atoms with Gasteiger partial charge in [-0.05, 0) is 63.4 Å². The van der Waals surface area contributed by atoms with Crippen LogP contribution in [-0.4, -0.2) is 44.3 Å². The molecule has 0 fully saturated rings. The zero-order valence-electron chi connectivity index (χ0n) is 22.8. The first kappa shape index (κ1) is 28.9. The third-order valence-electron chi connectivity index (χ3n) is 6.42. The van der Waals surface area contributed by atoms with Crippen molar-refractivity contribution in [2.24, 2.45) is 0 Å². The van der Waals surface area contributed by atoms with Crippen LogP contribution < -0.4 is 9.62 Å². The van der Waals surface area contributed by atoms with Crippen molar-refractivity contribution in [3.05, 3.63) is 95.1 Å². The van der Waals surface area contributed by atoms with Crippen LogP contribution in [-0.2, 0) is 26.2 Å². The molecule has 2 amide bonds. The monoisotopic (exact) mass is 535 g/mol. The Labute approximate surface area is 226 Å². The molecule has 1 N–H and O–H groups in total. The van der Waals surface area contributed by atoms with Crippen molar-refractivity contribution in [3.63, 3.8) is 0 Å². The lowest BCUT2D eigenvalue weighted by Gasteiger charge is -2.32. The highest BCUT2D eigenvalue weighted by Gasteiger charge is 2.33. The number of nitrogens with one attached hydrogen (secondary N) is 1. The average Bonchev–Trinajstić information content (AvgIpc) is 2.90. The summed E-state index contributed by atoms with van der Waals surface area (Å²) in [7, 11) is -4.07. The Morgan fingerprint density at radius 3 is 2.13 bits per heavy atom. The molecule has 3 aromatic carbocycles. The summed E-state index contributed by atoms with van der Waals surface area (Å²) >= 11 is 0. The van der Waals surface area contributed by atoms with Crippen molar-refractivity contribution in [1.29, 1.82) is 0 Å². The third-order valence-corrected chi connectivity index (χ3v) is 8.20. The average molecular weight is 536 g/mol. The van der Waals surface area contributed by atoms with Crippen LogP contribution in [0.1, 0.15) is 42.5 Å². The standard InChI is InChI=1S/C30H37N3O4S/c1-6-18-31-30(35)25(5)32(20-26-15-12-22(2)13-16-26)29(34)21-33(28-17-14-23(3)19-24(28)4)38(36,37)27-10-8-7-9-11-27/h7-17,19,25H,6,18,20-21H2,1-5H3,(H,31,35)/t25-/m0/s1. The zero-order chi connectivity index (χ0) is 27.9. The molecule has 1 atom stereocenters. The molecule has 0 heterocycles. The Bertz CT molecular complexity index is 1360. The Morgan fingerprint density at radius 2 is 1.53 bits per heavy atom. The molecular formula is C30H37N3O4S. The number of carbonyl (C=O) groups is 2. The maximum atomic E-state index is 13.9. The lowest BCUT2D eigenvalue weighted by atomic mass is 10.1. The molecule has 0 saturated heterocycles. The largest absolute Gasteiger partial charge is 0.354 e. The van der Waals surface area contributed by atoms with E-state index in [0.717, 1.165) is 33.0 Å². The van der Waals surface area contributed by atoms with Crippen molar-refractivity contribution in [2.75, 3.05) is 17.4 Å². The van der Waals surface area contributed by atoms with Gasteiger partial charge in [-0.1, -0.05) is 72.6 Å². The van der Waals surface area contributed by atoms with Crippen LogP contribution in [0.2, 0.25) is 0 Å². The summed E-state index contributed by atoms with van der Waals surface area (Å²) in [5.41, 5.74) is 4.07. The van der Waals surface area contributed by atoms with Crippen molar-refractivity contribution in [2.45, 2.75) is 58.5 Å². The summed E-state index contributed by atoms with van der Waals surface area (Å²) in [6.07, 6.45) is 0.764. The quantitative estimate of drug-likeness (QED) is 0.384. The summed E-state index contributed by atoms with van der Waals surface area (Å²) in [6, 6.07) is 20.4. The number of anilines is 1. The Hall–Kier alpha value is -3.65. The van der Waals surface area contributed by atoms with Crippen LogP contribution >= 0.6 is 0 Å². The van der Waals surface area contributed by atoms with E-state index in [-0.39, 0.29) is 17.3 Å². The number of carbonyl (C=O) groups excluding carboxylic acids is 2. The van der Waals surface area contributed by atoms with Gasteiger partial charge in [0.2, 0.25) is 11.8 Å². The summed E-state index contributed by atoms with van der Waals surface area (Å²) in [6.45, 7) is 9.57. The fraction of sp³-hybridized carbons (Fsp3) is 0.333. The molecule has 0 aliphatic carbocycles. The van der Waals surface area contributed by atoms with Gasteiger partial charge in [0, 0.05) is 13.1 Å². The molecule has 0 radical (unpaired) electrons. The molecule has 7 nitrogen and oxygen atoms in total. The highest BCUT2D eigenvalue weighted by molar-refractivity contribution is 7.92. The van der Waals surface area contributed by atoms with Gasteiger partial charge >= 0.3 is 0 Å². The van der Waals surface area contributed by atoms with Crippen LogP contribution in [0.5, 0.6) is 0 Å². The number of sulfonamides is 1. The summed E-state index contributed by atoms with van der Waals surface area (Å²) in [4.78, 5) is 28.4. The van der Waals surface area contributed by atoms with Crippen LogP contribution in [0.4, 0.5) is 5.69 Å². The number of hydrogen-bond donors (Lipinski definition) is 1. The molecule has 0 bridgehead atoms. The SMILES string of the molecule is CCCNC(=O)[C@H](C)N(Cc1ccc(C)cc1)C(=O)CN(c1ccc(C)cc1C)S(=O)(=O)c1ccccc1. The molecule has 0 unspecified atom stereocenters. The van der Waals surface area contributed by atoms with Crippen molar-refractivity contribution in [3.8, 4) is 0 Å². The van der Waals surface area contributed by atoms with E-state index in [4.69, 9.17) is 0 Å². The Kier molecular flexibility index (Phi) is 9.69. The number of amides is 2. The van der Waals surface area contributed by atoms with E-state index in [1.165, 1.54) is 17.0 Å². The van der Waals surface area contributed by atoms with Gasteiger partial charge < -0.3 is 10.2 Å². The van der Waals surface area contributed by atoms with E-state index in [9.17, 15) is 18.0 Å². The van der Waals surface area contributed by atoms with E-state index in [1.54, 1.807) is 31.2 Å². The topological polar surface area (TPSA) is 86.8 Å². The predicted molar refractivity (Wildman–Crippen MR) is 151 cm³/mol. The smallest absolute Gasteiger partial charge is 0.264 e. The molecule has 38 heavy (non-hydrogen) atoms. The van der Waals surface area contributed by atoms with E-state index >= 15 is 0 Å². The molecule has 3 rings (SSSR count). The molecule has 0 aliphatic heterocycles. The summed E-state index contributed by atoms with van der Waals surface area (Å²) in [5.74, 6) is -0.750. The molecule has 0 spiro atoms. The lowest BCUT2D eigenvalue weighted by molar-refractivity contribution is -0.139. The van der Waals surface area contributed by atoms with Crippen molar-refractivity contribution >= 4 is 27.5 Å². The van der Waals surface area contributed by atoms with Gasteiger partial charge in [0.15, 0.2) is 0 Å². The number of benzene rings is 3. The lowest BCUT2D eigenvalue weighted by Crippen LogP contribution is -2.51. The van der Waals surface area contributed by atoms with Gasteiger partial charge in [0.05, 0.1) is 10.6 Å². The Morgan fingerprint density at radius 1 is 0.895 bits per heavy atom. The minimum atomic E-state index is -4.07. The second kappa shape index (κ2) is 12.7. The first-order valence-electron chi connectivity index (χ1n) is 12.8. The van der Waals surface area contributed by atoms with Gasteiger partial charge in [-0.25, -0.2) is 8.42 Å². The van der Waals surface area contributed by atoms with Crippen molar-refractivity contribution < 1.29 is 18.0 Å². The van der Waals surface area contributed by atoms with E-state index in [2.05, 4.69) is 5.32 Å². The van der Waals surface area contributed by atoms with Crippen LogP contribution in [0.3, 0.4) is 0 Å². The summed E-state index contributed by atoms with van der Waals surface area (Å²) < 4.78 is 28.8. The van der Waals surface area contributed by atoms with Gasteiger partial charge in [-0.2, -0.15) is 0 Å². The van der Waals surface area contributed by atoms with Crippen LogP contribution in [0.15, 0.2) is 77.7 Å². The van der Waals surface area contributed by atoms with Crippen LogP contribution in [0, 0.1) is 20.8 Å². The van der Waals surface area contributed by atoms with E-state index < -0.39 is 28.5 Å². The highest BCUT2D eigenvalue weighted by atomic mass is 32.2. The minimum absolute atomic E-state index is 0.0894. The zero-order valence-corrected chi connectivity index (χ0v) is 23.6. The van der Waals surface area contributed by atoms with E-state index in [0.29, 0.717) is 12.2 Å². The van der Waals surface area contributed by atoms with Gasteiger partial charge in [0.1, 0.15) is 12.6 Å². The number of aryl methyl sites for hydroxylation is 3. The molecule has 0 aromatic heterocycles.